The van der Waals surface area contributed by atoms with Crippen LogP contribution in [-0.2, 0) is 9.53 Å². The van der Waals surface area contributed by atoms with Crippen molar-refractivity contribution in [3.63, 3.8) is 0 Å². The second-order valence-electron chi connectivity index (χ2n) is 7.39. The average Bonchev–Trinajstić information content (AvgIpc) is 3.15. The molecule has 0 amide bonds. The van der Waals surface area contributed by atoms with E-state index in [9.17, 15) is 4.79 Å². The average molecular weight is 415 g/mol. The Kier molecular flexibility index (Phi) is 6.97. The van der Waals surface area contributed by atoms with E-state index < -0.39 is 6.04 Å². The first-order chi connectivity index (χ1) is 14.5. The molecule has 1 unspecified atom stereocenters. The van der Waals surface area contributed by atoms with Gasteiger partial charge in [0.05, 0.1) is 24.9 Å². The zero-order valence-electron chi connectivity index (χ0n) is 18.3. The number of hydrogen-bond acceptors (Lipinski definition) is 7. The number of anilines is 1. The fraction of sp³-hybridized carbons (Fsp3) is 0.500. The van der Waals surface area contributed by atoms with E-state index in [1.165, 1.54) is 6.33 Å². The van der Waals surface area contributed by atoms with Gasteiger partial charge in [-0.05, 0) is 51.8 Å². The van der Waals surface area contributed by atoms with Gasteiger partial charge >= 0.3 is 5.97 Å². The first-order valence-corrected chi connectivity index (χ1v) is 10.4. The Bertz CT molecular complexity index is 920. The van der Waals surface area contributed by atoms with Crippen molar-refractivity contribution in [3.8, 4) is 11.5 Å². The van der Waals surface area contributed by atoms with Crippen LogP contribution in [0.25, 0.3) is 0 Å². The van der Waals surface area contributed by atoms with Crippen LogP contribution in [0.3, 0.4) is 0 Å². The number of aromatic nitrogens is 3. The summed E-state index contributed by atoms with van der Waals surface area (Å²) in [6.45, 7) is 10.7. The number of unbranched alkanes of at least 4 members (excludes halogenated alkanes) is 1. The molecule has 0 saturated heterocycles. The molecule has 1 aliphatic rings. The van der Waals surface area contributed by atoms with Gasteiger partial charge in [0.1, 0.15) is 12.4 Å². The summed E-state index contributed by atoms with van der Waals surface area (Å²) in [6, 6.07) is 5.23. The van der Waals surface area contributed by atoms with Crippen LogP contribution in [0.1, 0.15) is 59.1 Å². The van der Waals surface area contributed by atoms with E-state index in [4.69, 9.17) is 14.2 Å². The van der Waals surface area contributed by atoms with E-state index >= 15 is 0 Å². The quantitative estimate of drug-likeness (QED) is 0.488. The van der Waals surface area contributed by atoms with E-state index in [0.29, 0.717) is 41.9 Å². The van der Waals surface area contributed by atoms with Crippen LogP contribution in [0.2, 0.25) is 0 Å². The standard InChI is InChI=1S/C22H30N4O4/c1-6-8-11-29-17-10-9-16(12-18(17)28-7-2)20-19(21(27)30-14(3)4)15(5)25-22-23-13-24-26(20)22/h9-10,12-14,20H,6-8,11H2,1-5H3,(H,23,24,25). The largest absolute Gasteiger partial charge is 0.490 e. The fourth-order valence-electron chi connectivity index (χ4n) is 3.35. The Morgan fingerprint density at radius 3 is 2.73 bits per heavy atom. The Morgan fingerprint density at radius 2 is 2.03 bits per heavy atom. The highest BCUT2D eigenvalue weighted by Crippen LogP contribution is 2.39. The van der Waals surface area contributed by atoms with Crippen LogP contribution >= 0.6 is 0 Å². The van der Waals surface area contributed by atoms with E-state index in [1.807, 2.05) is 45.9 Å². The number of benzene rings is 1. The van der Waals surface area contributed by atoms with Crippen molar-refractivity contribution < 1.29 is 19.0 Å². The summed E-state index contributed by atoms with van der Waals surface area (Å²) >= 11 is 0. The molecule has 8 heteroatoms. The molecular formula is C22H30N4O4. The second-order valence-corrected chi connectivity index (χ2v) is 7.39. The molecule has 1 atom stereocenters. The Morgan fingerprint density at radius 1 is 1.23 bits per heavy atom. The molecule has 0 spiro atoms. The molecule has 2 heterocycles. The molecule has 3 rings (SSSR count). The first kappa shape index (κ1) is 21.7. The number of ether oxygens (including phenoxy) is 3. The molecule has 1 aromatic carbocycles. The molecule has 30 heavy (non-hydrogen) atoms. The van der Waals surface area contributed by atoms with Gasteiger partial charge in [-0.15, -0.1) is 0 Å². The molecule has 0 fully saturated rings. The summed E-state index contributed by atoms with van der Waals surface area (Å²) in [5.41, 5.74) is 2.01. The third kappa shape index (κ3) is 4.58. The predicted molar refractivity (Wildman–Crippen MR) is 114 cm³/mol. The Hall–Kier alpha value is -3.03. The molecule has 1 aliphatic heterocycles. The van der Waals surface area contributed by atoms with Gasteiger partial charge in [-0.2, -0.15) is 10.1 Å². The van der Waals surface area contributed by atoms with E-state index in [-0.39, 0.29) is 12.1 Å². The highest BCUT2D eigenvalue weighted by molar-refractivity contribution is 5.92. The number of allylic oxidation sites excluding steroid dienone is 1. The summed E-state index contributed by atoms with van der Waals surface area (Å²) in [7, 11) is 0. The molecule has 1 N–H and O–H groups in total. The van der Waals surface area contributed by atoms with Crippen LogP contribution in [0.4, 0.5) is 5.95 Å². The minimum atomic E-state index is -0.487. The number of nitrogens with zero attached hydrogens (tertiary/aromatic N) is 3. The molecule has 0 bridgehead atoms. The van der Waals surface area contributed by atoms with E-state index in [1.54, 1.807) is 4.68 Å². The maximum atomic E-state index is 12.9. The van der Waals surface area contributed by atoms with Crippen molar-refractivity contribution >= 4 is 11.9 Å². The molecule has 0 saturated carbocycles. The fourth-order valence-corrected chi connectivity index (χ4v) is 3.35. The lowest BCUT2D eigenvalue weighted by Crippen LogP contribution is -2.30. The Labute approximate surface area is 177 Å². The summed E-state index contributed by atoms with van der Waals surface area (Å²) in [5, 5.41) is 7.49. The number of esters is 1. The number of carbonyl (C=O) groups is 1. The van der Waals surface area contributed by atoms with Gasteiger partial charge in [-0.3, -0.25) is 0 Å². The van der Waals surface area contributed by atoms with Crippen molar-refractivity contribution in [2.75, 3.05) is 18.5 Å². The van der Waals surface area contributed by atoms with Crippen molar-refractivity contribution in [1.82, 2.24) is 14.8 Å². The topological polar surface area (TPSA) is 87.5 Å². The van der Waals surface area contributed by atoms with E-state index in [2.05, 4.69) is 22.3 Å². The number of carbonyl (C=O) groups excluding carboxylic acids is 1. The monoisotopic (exact) mass is 414 g/mol. The third-order valence-electron chi connectivity index (χ3n) is 4.70. The number of hydrogen-bond donors (Lipinski definition) is 1. The minimum Gasteiger partial charge on any atom is -0.490 e. The lowest BCUT2D eigenvalue weighted by atomic mass is 9.95. The molecular weight excluding hydrogens is 384 g/mol. The van der Waals surface area contributed by atoms with Crippen molar-refractivity contribution in [1.29, 1.82) is 0 Å². The van der Waals surface area contributed by atoms with Gasteiger partial charge in [0.15, 0.2) is 11.5 Å². The maximum Gasteiger partial charge on any atom is 0.338 e. The lowest BCUT2D eigenvalue weighted by molar-refractivity contribution is -0.143. The van der Waals surface area contributed by atoms with Gasteiger partial charge in [-0.25, -0.2) is 9.48 Å². The predicted octanol–water partition coefficient (Wildman–Crippen LogP) is 4.10. The molecule has 162 valence electrons. The van der Waals surface area contributed by atoms with Crippen molar-refractivity contribution in [2.45, 2.75) is 59.6 Å². The zero-order valence-corrected chi connectivity index (χ0v) is 18.3. The van der Waals surface area contributed by atoms with Crippen molar-refractivity contribution in [2.24, 2.45) is 0 Å². The molecule has 2 aromatic rings. The zero-order chi connectivity index (χ0) is 21.7. The van der Waals surface area contributed by atoms with Gasteiger partial charge in [0.25, 0.3) is 0 Å². The van der Waals surface area contributed by atoms with Crippen LogP contribution in [0.5, 0.6) is 11.5 Å². The summed E-state index contributed by atoms with van der Waals surface area (Å²) in [5.74, 6) is 1.51. The maximum absolute atomic E-state index is 12.9. The molecule has 0 aliphatic carbocycles. The molecule has 1 aromatic heterocycles. The summed E-state index contributed by atoms with van der Waals surface area (Å²) in [6.07, 6.45) is 3.25. The van der Waals surface area contributed by atoms with Gasteiger partial charge in [-0.1, -0.05) is 19.4 Å². The highest BCUT2D eigenvalue weighted by atomic mass is 16.5. The van der Waals surface area contributed by atoms with Gasteiger partial charge in [0, 0.05) is 5.70 Å². The van der Waals surface area contributed by atoms with Gasteiger partial charge in [0.2, 0.25) is 5.95 Å². The van der Waals surface area contributed by atoms with Crippen LogP contribution in [0.15, 0.2) is 35.8 Å². The minimum absolute atomic E-state index is 0.232. The van der Waals surface area contributed by atoms with Crippen LogP contribution < -0.4 is 14.8 Å². The van der Waals surface area contributed by atoms with E-state index in [0.717, 1.165) is 18.4 Å². The number of nitrogens with one attached hydrogen (secondary N) is 1. The normalized spacial score (nSPS) is 15.6. The van der Waals surface area contributed by atoms with Gasteiger partial charge < -0.3 is 19.5 Å². The first-order valence-electron chi connectivity index (χ1n) is 10.4. The smallest absolute Gasteiger partial charge is 0.338 e. The second kappa shape index (κ2) is 9.65. The van der Waals surface area contributed by atoms with Crippen molar-refractivity contribution in [3.05, 3.63) is 41.4 Å². The Balaban J connectivity index is 2.04. The SMILES string of the molecule is CCCCOc1ccc(C2C(C(=O)OC(C)C)=C(C)Nc3ncnn32)cc1OCC. The highest BCUT2D eigenvalue weighted by Gasteiger charge is 2.35. The third-order valence-corrected chi connectivity index (χ3v) is 4.70. The van der Waals surface area contributed by atoms with Crippen LogP contribution in [0, 0.1) is 0 Å². The molecule has 0 radical (unpaired) electrons. The summed E-state index contributed by atoms with van der Waals surface area (Å²) in [4.78, 5) is 17.2. The van der Waals surface area contributed by atoms with Crippen LogP contribution in [-0.4, -0.2) is 40.1 Å². The summed E-state index contributed by atoms with van der Waals surface area (Å²) < 4.78 is 18.9. The number of rotatable bonds is 9. The molecule has 8 nitrogen and oxygen atoms in total. The number of fused-ring (bicyclic) bond motifs is 1. The lowest BCUT2D eigenvalue weighted by Gasteiger charge is -2.29.